The molecule has 1 aliphatic heterocycles. The van der Waals surface area contributed by atoms with Crippen molar-refractivity contribution in [1.82, 2.24) is 10.2 Å². The van der Waals surface area contributed by atoms with Gasteiger partial charge in [-0.05, 0) is 25.7 Å². The zero-order valence-corrected chi connectivity index (χ0v) is 9.57. The number of methoxy groups -OCH3 is 1. The molecule has 0 aromatic heterocycles. The highest BCUT2D eigenvalue weighted by Gasteiger charge is 2.31. The van der Waals surface area contributed by atoms with Crippen LogP contribution in [0.5, 0.6) is 0 Å². The summed E-state index contributed by atoms with van der Waals surface area (Å²) in [6.45, 7) is 1.23. The number of amides is 2. The Hall–Kier alpha value is -1.26. The van der Waals surface area contributed by atoms with Gasteiger partial charge in [0.15, 0.2) is 0 Å². The van der Waals surface area contributed by atoms with Crippen LogP contribution >= 0.6 is 0 Å². The predicted octanol–water partition coefficient (Wildman–Crippen LogP) is 0.743. The van der Waals surface area contributed by atoms with Crippen LogP contribution in [0, 0.1) is 5.92 Å². The van der Waals surface area contributed by atoms with Crippen molar-refractivity contribution in [1.29, 1.82) is 0 Å². The van der Waals surface area contributed by atoms with Crippen molar-refractivity contribution < 1.29 is 14.3 Å². The van der Waals surface area contributed by atoms with Gasteiger partial charge < -0.3 is 15.0 Å². The maximum atomic E-state index is 11.8. The Kier molecular flexibility index (Phi) is 3.31. The molecule has 0 aromatic carbocycles. The number of piperidine rings is 1. The van der Waals surface area contributed by atoms with Gasteiger partial charge in [-0.3, -0.25) is 4.79 Å². The standard InChI is InChI=1S/C11H18N2O3/c1-16-10(14)8-3-2-6-13(7-8)11(15)12-9-4-5-9/h8-9H,2-7H2,1H3,(H,12,15). The van der Waals surface area contributed by atoms with Crippen LogP contribution in [0.3, 0.4) is 0 Å². The number of carbonyl (C=O) groups excluding carboxylic acids is 2. The summed E-state index contributed by atoms with van der Waals surface area (Å²) >= 11 is 0. The molecular weight excluding hydrogens is 208 g/mol. The van der Waals surface area contributed by atoms with Crippen LogP contribution in [0.2, 0.25) is 0 Å². The smallest absolute Gasteiger partial charge is 0.317 e. The van der Waals surface area contributed by atoms with Crippen LogP contribution in [0.4, 0.5) is 4.79 Å². The van der Waals surface area contributed by atoms with E-state index in [1.165, 1.54) is 7.11 Å². The van der Waals surface area contributed by atoms with Gasteiger partial charge >= 0.3 is 12.0 Å². The molecule has 5 nitrogen and oxygen atoms in total. The third-order valence-corrected chi connectivity index (χ3v) is 3.15. The number of likely N-dealkylation sites (tertiary alicyclic amines) is 1. The molecule has 2 rings (SSSR count). The lowest BCUT2D eigenvalue weighted by atomic mass is 9.98. The molecule has 1 atom stereocenters. The van der Waals surface area contributed by atoms with Gasteiger partial charge in [-0.15, -0.1) is 0 Å². The van der Waals surface area contributed by atoms with Crippen LogP contribution in [0.1, 0.15) is 25.7 Å². The highest BCUT2D eigenvalue weighted by molar-refractivity contribution is 5.77. The van der Waals surface area contributed by atoms with E-state index in [1.54, 1.807) is 4.90 Å². The first-order valence-corrected chi connectivity index (χ1v) is 5.84. The molecule has 5 heteroatoms. The summed E-state index contributed by atoms with van der Waals surface area (Å²) in [6, 6.07) is 0.335. The van der Waals surface area contributed by atoms with Gasteiger partial charge in [0.05, 0.1) is 13.0 Å². The number of hydrogen-bond acceptors (Lipinski definition) is 3. The van der Waals surface area contributed by atoms with E-state index >= 15 is 0 Å². The van der Waals surface area contributed by atoms with E-state index < -0.39 is 0 Å². The monoisotopic (exact) mass is 226 g/mol. The summed E-state index contributed by atoms with van der Waals surface area (Å²) in [5.74, 6) is -0.354. The fourth-order valence-corrected chi connectivity index (χ4v) is 2.01. The Morgan fingerprint density at radius 1 is 1.31 bits per heavy atom. The number of esters is 1. The Morgan fingerprint density at radius 2 is 2.06 bits per heavy atom. The molecule has 0 spiro atoms. The first-order chi connectivity index (χ1) is 7.70. The van der Waals surface area contributed by atoms with Crippen molar-refractivity contribution in [3.05, 3.63) is 0 Å². The quantitative estimate of drug-likeness (QED) is 0.707. The Morgan fingerprint density at radius 3 is 2.69 bits per heavy atom. The third-order valence-electron chi connectivity index (χ3n) is 3.15. The number of urea groups is 1. The van der Waals surface area contributed by atoms with Gasteiger partial charge in [-0.25, -0.2) is 4.79 Å². The topological polar surface area (TPSA) is 58.6 Å². The van der Waals surface area contributed by atoms with Crippen LogP contribution in [0.25, 0.3) is 0 Å². The van der Waals surface area contributed by atoms with Crippen LogP contribution in [0.15, 0.2) is 0 Å². The minimum Gasteiger partial charge on any atom is -0.469 e. The zero-order valence-electron chi connectivity index (χ0n) is 9.57. The van der Waals surface area contributed by atoms with Crippen molar-refractivity contribution in [2.24, 2.45) is 5.92 Å². The molecule has 0 bridgehead atoms. The summed E-state index contributed by atoms with van der Waals surface area (Å²) in [4.78, 5) is 24.9. The molecule has 2 amide bonds. The largest absolute Gasteiger partial charge is 0.469 e. The van der Waals surface area contributed by atoms with E-state index in [9.17, 15) is 9.59 Å². The molecule has 2 fully saturated rings. The average Bonchev–Trinajstić information content (AvgIpc) is 3.12. The lowest BCUT2D eigenvalue weighted by molar-refractivity contribution is -0.146. The summed E-state index contributed by atoms with van der Waals surface area (Å²) in [6.07, 6.45) is 3.86. The Labute approximate surface area is 95.1 Å². The third kappa shape index (κ3) is 2.65. The fourth-order valence-electron chi connectivity index (χ4n) is 2.01. The highest BCUT2D eigenvalue weighted by Crippen LogP contribution is 2.21. The van der Waals surface area contributed by atoms with Gasteiger partial charge in [0, 0.05) is 19.1 Å². The Balaban J connectivity index is 1.85. The van der Waals surface area contributed by atoms with Crippen LogP contribution in [-0.4, -0.2) is 43.1 Å². The Bertz CT molecular complexity index is 289. The second-order valence-electron chi connectivity index (χ2n) is 4.53. The van der Waals surface area contributed by atoms with Crippen LogP contribution < -0.4 is 5.32 Å². The number of rotatable bonds is 2. The van der Waals surface area contributed by atoms with E-state index in [-0.39, 0.29) is 17.9 Å². The van der Waals surface area contributed by atoms with E-state index in [4.69, 9.17) is 4.74 Å². The van der Waals surface area contributed by atoms with Crippen molar-refractivity contribution in [3.63, 3.8) is 0 Å². The zero-order chi connectivity index (χ0) is 11.5. The van der Waals surface area contributed by atoms with Gasteiger partial charge in [0.2, 0.25) is 0 Å². The fraction of sp³-hybridized carbons (Fsp3) is 0.818. The van der Waals surface area contributed by atoms with Crippen molar-refractivity contribution >= 4 is 12.0 Å². The predicted molar refractivity (Wildman–Crippen MR) is 57.9 cm³/mol. The van der Waals surface area contributed by atoms with Gasteiger partial charge in [0.25, 0.3) is 0 Å². The first kappa shape index (κ1) is 11.2. The first-order valence-electron chi connectivity index (χ1n) is 5.84. The maximum Gasteiger partial charge on any atom is 0.317 e. The van der Waals surface area contributed by atoms with Crippen molar-refractivity contribution in [2.45, 2.75) is 31.7 Å². The molecule has 1 aliphatic carbocycles. The number of hydrogen-bond donors (Lipinski definition) is 1. The number of nitrogens with one attached hydrogen (secondary N) is 1. The maximum absolute atomic E-state index is 11.8. The molecular formula is C11H18N2O3. The van der Waals surface area contributed by atoms with Crippen LogP contribution in [-0.2, 0) is 9.53 Å². The SMILES string of the molecule is COC(=O)C1CCCN(C(=O)NC2CC2)C1. The van der Waals surface area contributed by atoms with E-state index in [0.29, 0.717) is 12.6 Å². The summed E-state index contributed by atoms with van der Waals surface area (Å²) in [7, 11) is 1.39. The molecule has 1 saturated carbocycles. The molecule has 16 heavy (non-hydrogen) atoms. The number of nitrogens with zero attached hydrogens (tertiary/aromatic N) is 1. The molecule has 1 N–H and O–H groups in total. The average molecular weight is 226 g/mol. The lowest BCUT2D eigenvalue weighted by Crippen LogP contribution is -2.47. The van der Waals surface area contributed by atoms with Gasteiger partial charge in [0.1, 0.15) is 0 Å². The minimum absolute atomic E-state index is 0.0314. The molecule has 1 saturated heterocycles. The number of carbonyl (C=O) groups is 2. The minimum atomic E-state index is -0.205. The van der Waals surface area contributed by atoms with E-state index in [2.05, 4.69) is 5.32 Å². The highest BCUT2D eigenvalue weighted by atomic mass is 16.5. The molecule has 0 radical (unpaired) electrons. The van der Waals surface area contributed by atoms with Crippen molar-refractivity contribution in [2.75, 3.05) is 20.2 Å². The molecule has 90 valence electrons. The molecule has 2 aliphatic rings. The van der Waals surface area contributed by atoms with Crippen molar-refractivity contribution in [3.8, 4) is 0 Å². The van der Waals surface area contributed by atoms with Gasteiger partial charge in [-0.1, -0.05) is 0 Å². The van der Waals surface area contributed by atoms with E-state index in [0.717, 1.165) is 32.2 Å². The summed E-state index contributed by atoms with van der Waals surface area (Å²) < 4.78 is 4.71. The van der Waals surface area contributed by atoms with E-state index in [1.807, 2.05) is 0 Å². The second-order valence-corrected chi connectivity index (χ2v) is 4.53. The molecule has 1 heterocycles. The summed E-state index contributed by atoms with van der Waals surface area (Å²) in [5.41, 5.74) is 0. The second kappa shape index (κ2) is 4.72. The summed E-state index contributed by atoms with van der Waals surface area (Å²) in [5, 5.41) is 2.94. The lowest BCUT2D eigenvalue weighted by Gasteiger charge is -2.31. The normalized spacial score (nSPS) is 25.1. The number of ether oxygens (including phenoxy) is 1. The molecule has 0 aromatic rings. The molecule has 1 unspecified atom stereocenters. The van der Waals surface area contributed by atoms with Gasteiger partial charge in [-0.2, -0.15) is 0 Å².